The molecule has 102 valence electrons. The number of amides is 1. The van der Waals surface area contributed by atoms with Gasteiger partial charge in [-0.05, 0) is 18.2 Å². The van der Waals surface area contributed by atoms with Crippen LogP contribution in [0.25, 0.3) is 0 Å². The van der Waals surface area contributed by atoms with Crippen LogP contribution < -0.4 is 5.32 Å². The molecule has 0 aromatic heterocycles. The molecule has 0 fully saturated rings. The van der Waals surface area contributed by atoms with Crippen LogP contribution >= 0.6 is 11.6 Å². The van der Waals surface area contributed by atoms with E-state index in [0.29, 0.717) is 22.7 Å². The van der Waals surface area contributed by atoms with Gasteiger partial charge in [-0.1, -0.05) is 44.2 Å². The zero-order chi connectivity index (χ0) is 14.5. The molecule has 0 saturated carbocycles. The highest BCUT2D eigenvalue weighted by Gasteiger charge is 2.21. The Morgan fingerprint density at radius 2 is 2.11 bits per heavy atom. The molecular weight excluding hydrogens is 262 g/mol. The standard InChI is InChI=1S/C15H18ClNO2/c1-15(2,3)14(19)17-13-10-12(16)8-7-11(13)6-4-5-9-18/h7-8,10,18H,5,9H2,1-3H3,(H,17,19). The molecule has 2 N–H and O–H groups in total. The van der Waals surface area contributed by atoms with Crippen molar-refractivity contribution in [2.75, 3.05) is 11.9 Å². The van der Waals surface area contributed by atoms with Gasteiger partial charge in [0.05, 0.1) is 12.3 Å². The third-order valence-electron chi connectivity index (χ3n) is 2.37. The van der Waals surface area contributed by atoms with Crippen molar-refractivity contribution in [2.24, 2.45) is 5.41 Å². The topological polar surface area (TPSA) is 49.3 Å². The van der Waals surface area contributed by atoms with Crippen molar-refractivity contribution in [3.8, 4) is 11.8 Å². The van der Waals surface area contributed by atoms with E-state index in [1.54, 1.807) is 18.2 Å². The summed E-state index contributed by atoms with van der Waals surface area (Å²) in [5.74, 6) is 5.65. The molecule has 0 aliphatic carbocycles. The molecular formula is C15H18ClNO2. The Hall–Kier alpha value is -1.50. The van der Waals surface area contributed by atoms with E-state index in [9.17, 15) is 4.79 Å². The molecule has 3 nitrogen and oxygen atoms in total. The number of carbonyl (C=O) groups excluding carboxylic acids is 1. The van der Waals surface area contributed by atoms with Gasteiger partial charge in [0.2, 0.25) is 5.91 Å². The van der Waals surface area contributed by atoms with Gasteiger partial charge in [0, 0.05) is 22.4 Å². The predicted molar refractivity (Wildman–Crippen MR) is 78.1 cm³/mol. The van der Waals surface area contributed by atoms with Crippen LogP contribution in [0.3, 0.4) is 0 Å². The highest BCUT2D eigenvalue weighted by atomic mass is 35.5. The second-order valence-corrected chi connectivity index (χ2v) is 5.61. The summed E-state index contributed by atoms with van der Waals surface area (Å²) in [6.07, 6.45) is 0.398. The monoisotopic (exact) mass is 279 g/mol. The number of carbonyl (C=O) groups is 1. The van der Waals surface area contributed by atoms with E-state index in [0.717, 1.165) is 0 Å². The molecule has 19 heavy (non-hydrogen) atoms. The van der Waals surface area contributed by atoms with Crippen LogP contribution in [-0.4, -0.2) is 17.6 Å². The molecule has 1 amide bonds. The van der Waals surface area contributed by atoms with Crippen molar-refractivity contribution in [2.45, 2.75) is 27.2 Å². The second kappa shape index (κ2) is 6.60. The van der Waals surface area contributed by atoms with E-state index in [1.165, 1.54) is 0 Å². The molecule has 4 heteroatoms. The summed E-state index contributed by atoms with van der Waals surface area (Å²) < 4.78 is 0. The summed E-state index contributed by atoms with van der Waals surface area (Å²) in [5.41, 5.74) is 0.797. The van der Waals surface area contributed by atoms with Crippen LogP contribution in [0.2, 0.25) is 5.02 Å². The summed E-state index contributed by atoms with van der Waals surface area (Å²) in [7, 11) is 0. The smallest absolute Gasteiger partial charge is 0.229 e. The van der Waals surface area contributed by atoms with Gasteiger partial charge >= 0.3 is 0 Å². The summed E-state index contributed by atoms with van der Waals surface area (Å²) in [6.45, 7) is 5.53. The summed E-state index contributed by atoms with van der Waals surface area (Å²) in [4.78, 5) is 12.0. The molecule has 1 rings (SSSR count). The maximum Gasteiger partial charge on any atom is 0.229 e. The first kappa shape index (κ1) is 15.6. The number of rotatable bonds is 2. The quantitative estimate of drug-likeness (QED) is 0.818. The Bertz CT molecular complexity index is 521. The van der Waals surface area contributed by atoms with Gasteiger partial charge in [-0.2, -0.15) is 0 Å². The number of aliphatic hydroxyl groups excluding tert-OH is 1. The summed E-state index contributed by atoms with van der Waals surface area (Å²) >= 11 is 5.94. The molecule has 0 saturated heterocycles. The summed E-state index contributed by atoms with van der Waals surface area (Å²) in [6, 6.07) is 5.15. The van der Waals surface area contributed by atoms with E-state index < -0.39 is 5.41 Å². The lowest BCUT2D eigenvalue weighted by Gasteiger charge is -2.18. The first-order valence-electron chi connectivity index (χ1n) is 6.05. The minimum atomic E-state index is -0.488. The first-order valence-corrected chi connectivity index (χ1v) is 6.43. The Kier molecular flexibility index (Phi) is 5.41. The molecule has 0 aliphatic heterocycles. The first-order chi connectivity index (χ1) is 8.84. The number of nitrogens with one attached hydrogen (secondary N) is 1. The van der Waals surface area contributed by atoms with Crippen molar-refractivity contribution in [3.63, 3.8) is 0 Å². The van der Waals surface area contributed by atoms with Gasteiger partial charge in [0.25, 0.3) is 0 Å². The molecule has 0 atom stereocenters. The van der Waals surface area contributed by atoms with Crippen LogP contribution in [0.1, 0.15) is 32.8 Å². The Balaban J connectivity index is 3.02. The predicted octanol–water partition coefficient (Wildman–Crippen LogP) is 3.06. The molecule has 0 radical (unpaired) electrons. The number of hydrogen-bond donors (Lipinski definition) is 2. The van der Waals surface area contributed by atoms with Crippen molar-refractivity contribution in [3.05, 3.63) is 28.8 Å². The lowest BCUT2D eigenvalue weighted by molar-refractivity contribution is -0.123. The Morgan fingerprint density at radius 3 is 2.68 bits per heavy atom. The van der Waals surface area contributed by atoms with Gasteiger partial charge in [0.15, 0.2) is 0 Å². The zero-order valence-corrected chi connectivity index (χ0v) is 12.1. The van der Waals surface area contributed by atoms with Crippen molar-refractivity contribution in [1.82, 2.24) is 0 Å². The molecule has 1 aromatic carbocycles. The highest BCUT2D eigenvalue weighted by Crippen LogP contribution is 2.23. The second-order valence-electron chi connectivity index (χ2n) is 5.17. The fraction of sp³-hybridized carbons (Fsp3) is 0.400. The van der Waals surface area contributed by atoms with E-state index in [1.807, 2.05) is 20.8 Å². The lowest BCUT2D eigenvalue weighted by atomic mass is 9.95. The largest absolute Gasteiger partial charge is 0.395 e. The van der Waals surface area contributed by atoms with Gasteiger partial charge in [-0.25, -0.2) is 0 Å². The number of halogens is 1. The number of aliphatic hydroxyl groups is 1. The highest BCUT2D eigenvalue weighted by molar-refractivity contribution is 6.31. The normalized spacial score (nSPS) is 10.6. The van der Waals surface area contributed by atoms with Crippen molar-refractivity contribution in [1.29, 1.82) is 0 Å². The van der Waals surface area contributed by atoms with Crippen molar-refractivity contribution < 1.29 is 9.90 Å². The van der Waals surface area contributed by atoms with Gasteiger partial charge < -0.3 is 10.4 Å². The average Bonchev–Trinajstić information content (AvgIpc) is 2.31. The van der Waals surface area contributed by atoms with E-state index >= 15 is 0 Å². The van der Waals surface area contributed by atoms with E-state index in [-0.39, 0.29) is 12.5 Å². The molecule has 0 aliphatic rings. The SMILES string of the molecule is CC(C)(C)C(=O)Nc1cc(Cl)ccc1C#CCCO. The maximum absolute atomic E-state index is 12.0. The van der Waals surface area contributed by atoms with Crippen LogP contribution in [-0.2, 0) is 4.79 Å². The molecule has 0 bridgehead atoms. The Morgan fingerprint density at radius 1 is 1.42 bits per heavy atom. The van der Waals surface area contributed by atoms with Crippen LogP contribution in [0, 0.1) is 17.3 Å². The van der Waals surface area contributed by atoms with Gasteiger partial charge in [0.1, 0.15) is 0 Å². The minimum Gasteiger partial charge on any atom is -0.395 e. The lowest BCUT2D eigenvalue weighted by Crippen LogP contribution is -2.27. The third kappa shape index (κ3) is 4.94. The van der Waals surface area contributed by atoms with E-state index in [4.69, 9.17) is 16.7 Å². The molecule has 0 spiro atoms. The number of benzene rings is 1. The van der Waals surface area contributed by atoms with Gasteiger partial charge in [-0.15, -0.1) is 0 Å². The average molecular weight is 280 g/mol. The fourth-order valence-electron chi connectivity index (χ4n) is 1.25. The third-order valence-corrected chi connectivity index (χ3v) is 2.61. The molecule has 1 aromatic rings. The van der Waals surface area contributed by atoms with Crippen LogP contribution in [0.5, 0.6) is 0 Å². The van der Waals surface area contributed by atoms with Crippen LogP contribution in [0.4, 0.5) is 5.69 Å². The zero-order valence-electron chi connectivity index (χ0n) is 11.4. The van der Waals surface area contributed by atoms with Crippen molar-refractivity contribution >= 4 is 23.2 Å². The Labute approximate surface area is 119 Å². The maximum atomic E-state index is 12.0. The van der Waals surface area contributed by atoms with E-state index in [2.05, 4.69) is 17.2 Å². The number of hydrogen-bond acceptors (Lipinski definition) is 2. The fourth-order valence-corrected chi connectivity index (χ4v) is 1.42. The molecule has 0 unspecified atom stereocenters. The van der Waals surface area contributed by atoms with Gasteiger partial charge in [-0.3, -0.25) is 4.79 Å². The molecule has 0 heterocycles. The minimum absolute atomic E-state index is 0.0181. The number of anilines is 1. The van der Waals surface area contributed by atoms with Crippen LogP contribution in [0.15, 0.2) is 18.2 Å². The summed E-state index contributed by atoms with van der Waals surface area (Å²) in [5, 5.41) is 12.1.